The van der Waals surface area contributed by atoms with Gasteiger partial charge >= 0.3 is 0 Å². The van der Waals surface area contributed by atoms with E-state index in [-0.39, 0.29) is 29.9 Å². The van der Waals surface area contributed by atoms with Crippen molar-refractivity contribution in [3.8, 4) is 0 Å². The molecule has 7 heteroatoms. The topological polar surface area (TPSA) is 68.8 Å². The molecule has 0 atom stereocenters. The molecular formula is C23H38IN5O. The van der Waals surface area contributed by atoms with Crippen molar-refractivity contribution >= 4 is 35.8 Å². The summed E-state index contributed by atoms with van der Waals surface area (Å²) in [6.07, 6.45) is 9.23. The van der Waals surface area contributed by atoms with Crippen LogP contribution in [0.5, 0.6) is 0 Å². The Bertz CT molecular complexity index is 652. The number of nitrogens with one attached hydrogen (secondary N) is 3. The van der Waals surface area contributed by atoms with Crippen molar-refractivity contribution in [2.75, 3.05) is 26.7 Å². The first-order valence-corrected chi connectivity index (χ1v) is 11.3. The summed E-state index contributed by atoms with van der Waals surface area (Å²) >= 11 is 0. The van der Waals surface area contributed by atoms with E-state index < -0.39 is 0 Å². The highest BCUT2D eigenvalue weighted by atomic mass is 127. The number of piperidine rings is 1. The van der Waals surface area contributed by atoms with Gasteiger partial charge in [-0.25, -0.2) is 0 Å². The van der Waals surface area contributed by atoms with E-state index in [1.54, 1.807) is 7.05 Å². The fraction of sp³-hybridized carbons (Fsp3) is 0.652. The van der Waals surface area contributed by atoms with Crippen LogP contribution in [0.25, 0.3) is 0 Å². The molecule has 1 heterocycles. The molecule has 0 bridgehead atoms. The van der Waals surface area contributed by atoms with Crippen LogP contribution in [-0.2, 0) is 17.9 Å². The number of carbonyl (C=O) groups excluding carboxylic acids is 1. The number of likely N-dealkylation sites (tertiary alicyclic amines) is 1. The van der Waals surface area contributed by atoms with Gasteiger partial charge < -0.3 is 16.0 Å². The molecule has 6 nitrogen and oxygen atoms in total. The Morgan fingerprint density at radius 2 is 1.67 bits per heavy atom. The van der Waals surface area contributed by atoms with Crippen molar-refractivity contribution in [1.82, 2.24) is 20.9 Å². The second-order valence-electron chi connectivity index (χ2n) is 8.30. The number of aliphatic imine (C=N–C) groups is 1. The molecule has 1 saturated carbocycles. The average molecular weight is 527 g/mol. The molecule has 1 amide bonds. The zero-order valence-corrected chi connectivity index (χ0v) is 20.6. The van der Waals surface area contributed by atoms with Crippen molar-refractivity contribution in [2.24, 2.45) is 4.99 Å². The van der Waals surface area contributed by atoms with Gasteiger partial charge in [-0.3, -0.25) is 14.7 Å². The molecule has 168 valence electrons. The van der Waals surface area contributed by atoms with Crippen LogP contribution in [0.2, 0.25) is 0 Å². The highest BCUT2D eigenvalue weighted by Gasteiger charge is 2.16. The zero-order chi connectivity index (χ0) is 20.3. The van der Waals surface area contributed by atoms with Crippen LogP contribution in [0, 0.1) is 0 Å². The molecule has 1 aliphatic heterocycles. The molecule has 2 aliphatic rings. The third-order valence-corrected chi connectivity index (χ3v) is 5.93. The quantitative estimate of drug-likeness (QED) is 0.276. The van der Waals surface area contributed by atoms with E-state index in [0.29, 0.717) is 19.0 Å². The third kappa shape index (κ3) is 8.79. The number of hydrogen-bond acceptors (Lipinski definition) is 3. The lowest BCUT2D eigenvalue weighted by Crippen LogP contribution is -2.40. The van der Waals surface area contributed by atoms with E-state index >= 15 is 0 Å². The summed E-state index contributed by atoms with van der Waals surface area (Å²) in [5.74, 6) is 0.861. The minimum Gasteiger partial charge on any atom is -0.356 e. The Hall–Kier alpha value is -1.35. The minimum absolute atomic E-state index is 0. The molecule has 3 N–H and O–H groups in total. The predicted molar refractivity (Wildman–Crippen MR) is 134 cm³/mol. The van der Waals surface area contributed by atoms with E-state index in [2.05, 4.69) is 50.1 Å². The number of benzene rings is 1. The third-order valence-electron chi connectivity index (χ3n) is 5.93. The Kier molecular flexibility index (Phi) is 11.5. The maximum Gasteiger partial charge on any atom is 0.221 e. The Labute approximate surface area is 198 Å². The summed E-state index contributed by atoms with van der Waals surface area (Å²) in [6.45, 7) is 4.82. The highest BCUT2D eigenvalue weighted by molar-refractivity contribution is 14.0. The zero-order valence-electron chi connectivity index (χ0n) is 18.3. The number of carbonyl (C=O) groups is 1. The number of halogens is 1. The standard InChI is InChI=1S/C23H37N5O.HI/c1-24-23(25-14-13-22(29)27-21-7-3-4-8-21)26-17-19-9-11-20(12-10-19)18-28-15-5-2-6-16-28;/h9-12,21H,2-8,13-18H2,1H3,(H,27,29)(H2,24,25,26);1H. The van der Waals surface area contributed by atoms with Gasteiger partial charge in [0.05, 0.1) is 0 Å². The van der Waals surface area contributed by atoms with Gasteiger partial charge in [0.1, 0.15) is 0 Å². The van der Waals surface area contributed by atoms with Crippen molar-refractivity contribution < 1.29 is 4.79 Å². The van der Waals surface area contributed by atoms with E-state index in [0.717, 1.165) is 31.9 Å². The fourth-order valence-electron chi connectivity index (χ4n) is 4.21. The smallest absolute Gasteiger partial charge is 0.221 e. The van der Waals surface area contributed by atoms with Gasteiger partial charge in [0.15, 0.2) is 5.96 Å². The van der Waals surface area contributed by atoms with Crippen LogP contribution in [0.3, 0.4) is 0 Å². The van der Waals surface area contributed by atoms with E-state index in [9.17, 15) is 4.79 Å². The lowest BCUT2D eigenvalue weighted by molar-refractivity contribution is -0.121. The van der Waals surface area contributed by atoms with Crippen LogP contribution in [0.1, 0.15) is 62.5 Å². The summed E-state index contributed by atoms with van der Waals surface area (Å²) in [7, 11) is 1.76. The molecule has 0 aromatic heterocycles. The van der Waals surface area contributed by atoms with Gasteiger partial charge in [0.25, 0.3) is 0 Å². The van der Waals surface area contributed by atoms with Crippen LogP contribution >= 0.6 is 24.0 Å². The molecule has 1 aromatic carbocycles. The van der Waals surface area contributed by atoms with Gasteiger partial charge in [-0.2, -0.15) is 0 Å². The number of amides is 1. The first kappa shape index (κ1) is 24.9. The molecular weight excluding hydrogens is 489 g/mol. The second kappa shape index (κ2) is 13.9. The van der Waals surface area contributed by atoms with Gasteiger partial charge in [0.2, 0.25) is 5.91 Å². The maximum absolute atomic E-state index is 12.0. The van der Waals surface area contributed by atoms with E-state index in [1.165, 1.54) is 56.3 Å². The van der Waals surface area contributed by atoms with Crippen molar-refractivity contribution in [2.45, 2.75) is 70.5 Å². The minimum atomic E-state index is 0. The molecule has 0 spiro atoms. The van der Waals surface area contributed by atoms with Crippen LogP contribution in [-0.4, -0.2) is 49.5 Å². The highest BCUT2D eigenvalue weighted by Crippen LogP contribution is 2.17. The van der Waals surface area contributed by atoms with Gasteiger partial charge in [-0.1, -0.05) is 43.5 Å². The first-order valence-electron chi connectivity index (χ1n) is 11.3. The summed E-state index contributed by atoms with van der Waals surface area (Å²) in [5.41, 5.74) is 2.61. The molecule has 1 saturated heterocycles. The van der Waals surface area contributed by atoms with Gasteiger partial charge in [-0.15, -0.1) is 24.0 Å². The lowest BCUT2D eigenvalue weighted by atomic mass is 10.1. The van der Waals surface area contributed by atoms with Crippen LogP contribution in [0.15, 0.2) is 29.3 Å². The lowest BCUT2D eigenvalue weighted by Gasteiger charge is -2.26. The first-order chi connectivity index (χ1) is 14.2. The van der Waals surface area contributed by atoms with Crippen LogP contribution < -0.4 is 16.0 Å². The number of nitrogens with zero attached hydrogens (tertiary/aromatic N) is 2. The molecule has 1 aromatic rings. The molecule has 3 rings (SSSR count). The number of rotatable bonds is 8. The SMILES string of the molecule is CN=C(NCCC(=O)NC1CCCC1)NCc1ccc(CN2CCCCC2)cc1.I. The summed E-state index contributed by atoms with van der Waals surface area (Å²) in [5, 5.41) is 9.68. The molecule has 30 heavy (non-hydrogen) atoms. The van der Waals surface area contributed by atoms with Gasteiger partial charge in [-0.05, 0) is 49.9 Å². The number of guanidine groups is 1. The monoisotopic (exact) mass is 527 g/mol. The Balaban J connectivity index is 0.00000320. The largest absolute Gasteiger partial charge is 0.356 e. The maximum atomic E-state index is 12.0. The summed E-state index contributed by atoms with van der Waals surface area (Å²) < 4.78 is 0. The van der Waals surface area contributed by atoms with Crippen molar-refractivity contribution in [3.63, 3.8) is 0 Å². The van der Waals surface area contributed by atoms with E-state index in [4.69, 9.17) is 0 Å². The molecule has 1 aliphatic carbocycles. The average Bonchev–Trinajstić information content (AvgIpc) is 3.25. The fourth-order valence-corrected chi connectivity index (χ4v) is 4.21. The van der Waals surface area contributed by atoms with Crippen LogP contribution in [0.4, 0.5) is 0 Å². The molecule has 2 fully saturated rings. The van der Waals surface area contributed by atoms with Crippen molar-refractivity contribution in [1.29, 1.82) is 0 Å². The summed E-state index contributed by atoms with van der Waals surface area (Å²) in [4.78, 5) is 18.8. The van der Waals surface area contributed by atoms with Crippen molar-refractivity contribution in [3.05, 3.63) is 35.4 Å². The Morgan fingerprint density at radius 1 is 1.00 bits per heavy atom. The predicted octanol–water partition coefficient (Wildman–Crippen LogP) is 3.40. The number of hydrogen-bond donors (Lipinski definition) is 3. The van der Waals surface area contributed by atoms with Gasteiger partial charge in [0, 0.05) is 39.1 Å². The molecule has 0 unspecified atom stereocenters. The Morgan fingerprint density at radius 3 is 2.33 bits per heavy atom. The van der Waals surface area contributed by atoms with E-state index in [1.807, 2.05) is 0 Å². The second-order valence-corrected chi connectivity index (χ2v) is 8.30. The molecule has 0 radical (unpaired) electrons. The normalized spacial score (nSPS) is 18.0. The summed E-state index contributed by atoms with van der Waals surface area (Å²) in [6, 6.07) is 9.23.